The zero-order valence-electron chi connectivity index (χ0n) is 14.3. The lowest BCUT2D eigenvalue weighted by Gasteiger charge is -2.32. The molecule has 1 aliphatic heterocycles. The third-order valence-electron chi connectivity index (χ3n) is 4.67. The highest BCUT2D eigenvalue weighted by atomic mass is 16.7. The second kappa shape index (κ2) is 6.42. The minimum Gasteiger partial charge on any atom is -0.478 e. The predicted molar refractivity (Wildman–Crippen MR) is 92.5 cm³/mol. The summed E-state index contributed by atoms with van der Waals surface area (Å²) in [5.41, 5.74) is 0.469. The Labute approximate surface area is 154 Å². The topological polar surface area (TPSA) is 103 Å². The van der Waals surface area contributed by atoms with Crippen LogP contribution in [-0.2, 0) is 19.1 Å². The average Bonchev–Trinajstić information content (AvgIpc) is 3.28. The molecule has 2 heterocycles. The number of hydrogen-bond donors (Lipinski definition) is 1. The maximum absolute atomic E-state index is 12.3. The van der Waals surface area contributed by atoms with Crippen molar-refractivity contribution in [2.24, 2.45) is 0 Å². The normalized spacial score (nSPS) is 18.3. The number of esters is 2. The molecule has 7 nitrogen and oxygen atoms in total. The molecule has 0 atom stereocenters. The van der Waals surface area contributed by atoms with Gasteiger partial charge in [0.25, 0.3) is 5.79 Å². The number of hydrogen-bond acceptors (Lipinski definition) is 6. The molecule has 7 heteroatoms. The summed E-state index contributed by atoms with van der Waals surface area (Å²) >= 11 is 0. The second-order valence-electron chi connectivity index (χ2n) is 6.54. The van der Waals surface area contributed by atoms with Crippen molar-refractivity contribution < 1.29 is 33.4 Å². The zero-order chi connectivity index (χ0) is 19.0. The first-order valence-corrected chi connectivity index (χ1v) is 8.58. The van der Waals surface area contributed by atoms with Gasteiger partial charge in [-0.2, -0.15) is 0 Å². The van der Waals surface area contributed by atoms with Crippen LogP contribution >= 0.6 is 0 Å². The number of carboxylic acids is 1. The van der Waals surface area contributed by atoms with E-state index in [2.05, 4.69) is 0 Å². The summed E-state index contributed by atoms with van der Waals surface area (Å²) in [5, 5.41) is 9.08. The number of carboxylic acid groups (broad SMARTS) is 1. The highest BCUT2D eigenvalue weighted by molar-refractivity contribution is 6.18. The van der Waals surface area contributed by atoms with Crippen molar-refractivity contribution >= 4 is 24.0 Å². The van der Waals surface area contributed by atoms with E-state index in [1.165, 1.54) is 18.2 Å². The highest BCUT2D eigenvalue weighted by Crippen LogP contribution is 2.38. The monoisotopic (exact) mass is 368 g/mol. The summed E-state index contributed by atoms with van der Waals surface area (Å²) in [7, 11) is 0. The first-order chi connectivity index (χ1) is 13.0. The molecule has 2 fully saturated rings. The zero-order valence-corrected chi connectivity index (χ0v) is 14.3. The fraction of sp³-hybridized carbons (Fsp3) is 0.250. The van der Waals surface area contributed by atoms with Crippen molar-refractivity contribution in [2.45, 2.75) is 31.5 Å². The largest absolute Gasteiger partial charge is 0.478 e. The van der Waals surface area contributed by atoms with E-state index in [9.17, 15) is 14.4 Å². The number of ether oxygens (including phenoxy) is 2. The van der Waals surface area contributed by atoms with E-state index in [4.69, 9.17) is 19.0 Å². The fourth-order valence-electron chi connectivity index (χ4n) is 3.32. The van der Waals surface area contributed by atoms with Gasteiger partial charge in [0.15, 0.2) is 0 Å². The van der Waals surface area contributed by atoms with E-state index in [0.29, 0.717) is 24.2 Å². The number of furan rings is 1. The Morgan fingerprint density at radius 2 is 1.74 bits per heavy atom. The van der Waals surface area contributed by atoms with E-state index in [-0.39, 0.29) is 16.9 Å². The summed E-state index contributed by atoms with van der Waals surface area (Å²) in [6.45, 7) is 0. The maximum Gasteiger partial charge on any atom is 0.349 e. The molecular formula is C20H16O7. The molecule has 1 aromatic heterocycles. The van der Waals surface area contributed by atoms with E-state index in [1.807, 2.05) is 0 Å². The number of carbonyl (C=O) groups is 3. The lowest BCUT2D eigenvalue weighted by atomic mass is 10.1. The number of carbonyl (C=O) groups excluding carboxylic acids is 2. The lowest BCUT2D eigenvalue weighted by molar-refractivity contribution is -0.232. The highest BCUT2D eigenvalue weighted by Gasteiger charge is 2.48. The Kier molecular flexibility index (Phi) is 4.07. The third-order valence-corrected chi connectivity index (χ3v) is 4.67. The van der Waals surface area contributed by atoms with Gasteiger partial charge >= 0.3 is 17.9 Å². The molecule has 2 aliphatic rings. The van der Waals surface area contributed by atoms with Gasteiger partial charge in [0, 0.05) is 24.5 Å². The van der Waals surface area contributed by atoms with Crippen molar-refractivity contribution in [1.29, 1.82) is 0 Å². The van der Waals surface area contributed by atoms with Crippen LogP contribution in [0.15, 0.2) is 46.4 Å². The molecule has 0 unspecified atom stereocenters. The van der Waals surface area contributed by atoms with Crippen molar-refractivity contribution in [3.63, 3.8) is 0 Å². The molecule has 1 aliphatic carbocycles. The Hall–Kier alpha value is -3.35. The number of rotatable bonds is 3. The number of benzene rings is 1. The third kappa shape index (κ3) is 3.23. The van der Waals surface area contributed by atoms with E-state index in [0.717, 1.165) is 12.8 Å². The van der Waals surface area contributed by atoms with Gasteiger partial charge < -0.3 is 19.0 Å². The van der Waals surface area contributed by atoms with Crippen LogP contribution in [0.5, 0.6) is 0 Å². The quantitative estimate of drug-likeness (QED) is 0.503. The summed E-state index contributed by atoms with van der Waals surface area (Å²) in [5.74, 6) is -2.93. The smallest absolute Gasteiger partial charge is 0.349 e. The van der Waals surface area contributed by atoms with Crippen molar-refractivity contribution in [3.8, 4) is 11.3 Å². The Morgan fingerprint density at radius 3 is 2.41 bits per heavy atom. The standard InChI is InChI=1S/C20H16O7/c21-17(22)13-5-3-4-12(10-13)16-7-6-14(25-16)11-15-18(23)26-20(27-19(15)24)8-1-2-9-20/h3-7,10-11H,1-2,8-9H2,(H,21,22). The van der Waals surface area contributed by atoms with Gasteiger partial charge in [0.2, 0.25) is 0 Å². The number of aromatic carboxylic acids is 1. The molecule has 138 valence electrons. The van der Waals surface area contributed by atoms with Crippen molar-refractivity contribution in [2.75, 3.05) is 0 Å². The molecule has 0 radical (unpaired) electrons. The molecule has 1 saturated heterocycles. The van der Waals surface area contributed by atoms with E-state index < -0.39 is 23.7 Å². The Bertz CT molecular complexity index is 938. The van der Waals surface area contributed by atoms with Crippen LogP contribution in [0.25, 0.3) is 17.4 Å². The van der Waals surface area contributed by atoms with Crippen LogP contribution in [0.2, 0.25) is 0 Å². The molecular weight excluding hydrogens is 352 g/mol. The molecule has 1 spiro atoms. The van der Waals surface area contributed by atoms with Crippen LogP contribution in [0.4, 0.5) is 0 Å². The van der Waals surface area contributed by atoms with E-state index >= 15 is 0 Å². The van der Waals surface area contributed by atoms with Gasteiger partial charge in [0.05, 0.1) is 5.56 Å². The first-order valence-electron chi connectivity index (χ1n) is 8.58. The van der Waals surface area contributed by atoms with Crippen LogP contribution in [0.1, 0.15) is 41.8 Å². The van der Waals surface area contributed by atoms with Gasteiger partial charge in [0.1, 0.15) is 17.1 Å². The van der Waals surface area contributed by atoms with Gasteiger partial charge in [-0.05, 0) is 37.1 Å². The lowest BCUT2D eigenvalue weighted by Crippen LogP contribution is -2.44. The van der Waals surface area contributed by atoms with Gasteiger partial charge in [-0.3, -0.25) is 0 Å². The summed E-state index contributed by atoms with van der Waals surface area (Å²) in [6.07, 6.45) is 4.00. The molecule has 1 aromatic carbocycles. The molecule has 0 amide bonds. The molecule has 4 rings (SSSR count). The Morgan fingerprint density at radius 1 is 1.04 bits per heavy atom. The van der Waals surface area contributed by atoms with Crippen molar-refractivity contribution in [3.05, 3.63) is 53.3 Å². The minimum atomic E-state index is -1.11. The van der Waals surface area contributed by atoms with Gasteiger partial charge in [-0.15, -0.1) is 0 Å². The van der Waals surface area contributed by atoms with Gasteiger partial charge in [-0.25, -0.2) is 14.4 Å². The van der Waals surface area contributed by atoms with Crippen LogP contribution in [-0.4, -0.2) is 28.8 Å². The van der Waals surface area contributed by atoms with Gasteiger partial charge in [-0.1, -0.05) is 12.1 Å². The average molecular weight is 368 g/mol. The fourth-order valence-corrected chi connectivity index (χ4v) is 3.32. The van der Waals surface area contributed by atoms with E-state index in [1.54, 1.807) is 24.3 Å². The summed E-state index contributed by atoms with van der Waals surface area (Å²) < 4.78 is 16.4. The van der Waals surface area contributed by atoms with Crippen molar-refractivity contribution in [1.82, 2.24) is 0 Å². The molecule has 0 bridgehead atoms. The Balaban J connectivity index is 1.59. The SMILES string of the molecule is O=C1OC2(CCCC2)OC(=O)C1=Cc1ccc(-c2cccc(C(=O)O)c2)o1. The molecule has 1 saturated carbocycles. The second-order valence-corrected chi connectivity index (χ2v) is 6.54. The minimum absolute atomic E-state index is 0.130. The molecule has 1 N–H and O–H groups in total. The maximum atomic E-state index is 12.3. The van der Waals surface area contributed by atoms with Crippen LogP contribution in [0.3, 0.4) is 0 Å². The first kappa shape index (κ1) is 17.1. The summed E-state index contributed by atoms with van der Waals surface area (Å²) in [4.78, 5) is 35.6. The summed E-state index contributed by atoms with van der Waals surface area (Å²) in [6, 6.07) is 9.47. The van der Waals surface area contributed by atoms with Crippen LogP contribution < -0.4 is 0 Å². The van der Waals surface area contributed by atoms with Crippen LogP contribution in [0, 0.1) is 0 Å². The predicted octanol–water partition coefficient (Wildman–Crippen LogP) is 3.40. The molecule has 2 aromatic rings. The molecule has 27 heavy (non-hydrogen) atoms.